The van der Waals surface area contributed by atoms with Crippen LogP contribution in [0.15, 0.2) is 24.4 Å². The van der Waals surface area contributed by atoms with Gasteiger partial charge in [0.1, 0.15) is 0 Å². The third kappa shape index (κ3) is 4.04. The van der Waals surface area contributed by atoms with Gasteiger partial charge >= 0.3 is 12.0 Å². The largest absolute Gasteiger partial charge is 0.481 e. The Morgan fingerprint density at radius 2 is 2.00 bits per heavy atom. The van der Waals surface area contributed by atoms with E-state index in [-0.39, 0.29) is 18.0 Å². The fraction of sp³-hybridized carbons (Fsp3) is 0.611. The number of amides is 2. The molecule has 2 aliphatic rings. The van der Waals surface area contributed by atoms with Crippen molar-refractivity contribution in [3.05, 3.63) is 30.1 Å². The lowest BCUT2D eigenvalue weighted by Gasteiger charge is -2.32. The van der Waals surface area contributed by atoms with E-state index in [2.05, 4.69) is 10.3 Å². The normalized spacial score (nSPS) is 24.8. The molecular formula is C18H25N3O3. The summed E-state index contributed by atoms with van der Waals surface area (Å²) in [7, 11) is 0. The summed E-state index contributed by atoms with van der Waals surface area (Å²) in [5, 5.41) is 12.2. The summed E-state index contributed by atoms with van der Waals surface area (Å²) in [6.45, 7) is 1.06. The summed E-state index contributed by atoms with van der Waals surface area (Å²) in [5.74, 6) is -0.626. The lowest BCUT2D eigenvalue weighted by atomic mass is 9.96. The fourth-order valence-electron chi connectivity index (χ4n) is 3.84. The number of aromatic nitrogens is 1. The number of hydrogen-bond donors (Lipinski definition) is 2. The summed E-state index contributed by atoms with van der Waals surface area (Å²) in [6, 6.07) is 6.09. The molecular weight excluding hydrogens is 306 g/mol. The Morgan fingerprint density at radius 1 is 1.21 bits per heavy atom. The molecule has 0 spiro atoms. The first-order valence-electron chi connectivity index (χ1n) is 8.81. The molecule has 24 heavy (non-hydrogen) atoms. The van der Waals surface area contributed by atoms with Crippen molar-refractivity contribution in [2.45, 2.75) is 44.6 Å². The second-order valence-electron chi connectivity index (χ2n) is 6.87. The summed E-state index contributed by atoms with van der Waals surface area (Å²) in [6.07, 6.45) is 7.05. The number of pyridine rings is 1. The smallest absolute Gasteiger partial charge is 0.317 e. The van der Waals surface area contributed by atoms with Gasteiger partial charge in [-0.25, -0.2) is 4.79 Å². The molecule has 1 saturated heterocycles. The minimum atomic E-state index is -0.749. The molecule has 2 unspecified atom stereocenters. The van der Waals surface area contributed by atoms with E-state index in [0.717, 1.165) is 31.4 Å². The molecule has 130 valence electrons. The molecule has 0 radical (unpaired) electrons. The highest BCUT2D eigenvalue weighted by molar-refractivity contribution is 5.75. The van der Waals surface area contributed by atoms with Gasteiger partial charge in [0.2, 0.25) is 0 Å². The van der Waals surface area contributed by atoms with E-state index in [0.29, 0.717) is 31.8 Å². The van der Waals surface area contributed by atoms with Crippen molar-refractivity contribution in [2.75, 3.05) is 13.1 Å². The average Bonchev–Trinajstić information content (AvgIpc) is 3.02. The summed E-state index contributed by atoms with van der Waals surface area (Å²) in [4.78, 5) is 29.6. The molecule has 1 aliphatic heterocycles. The van der Waals surface area contributed by atoms with E-state index in [1.54, 1.807) is 4.90 Å². The molecule has 6 nitrogen and oxygen atoms in total. The van der Waals surface area contributed by atoms with Crippen LogP contribution in [0.25, 0.3) is 0 Å². The second kappa shape index (κ2) is 7.64. The van der Waals surface area contributed by atoms with Crippen molar-refractivity contribution in [1.82, 2.24) is 15.2 Å². The number of nitrogens with one attached hydrogen (secondary N) is 1. The van der Waals surface area contributed by atoms with Crippen LogP contribution >= 0.6 is 0 Å². The van der Waals surface area contributed by atoms with Gasteiger partial charge in [-0.15, -0.1) is 0 Å². The molecule has 0 aromatic carbocycles. The number of piperidine rings is 1. The third-order valence-corrected chi connectivity index (χ3v) is 5.30. The third-order valence-electron chi connectivity index (χ3n) is 5.30. The number of aliphatic carboxylic acids is 1. The maximum atomic E-state index is 12.5. The number of urea groups is 1. The molecule has 2 atom stereocenters. The van der Waals surface area contributed by atoms with Crippen molar-refractivity contribution >= 4 is 12.0 Å². The highest BCUT2D eigenvalue weighted by Crippen LogP contribution is 2.29. The van der Waals surface area contributed by atoms with E-state index in [1.807, 2.05) is 24.4 Å². The van der Waals surface area contributed by atoms with Crippen molar-refractivity contribution in [3.8, 4) is 0 Å². The lowest BCUT2D eigenvalue weighted by molar-refractivity contribution is -0.143. The van der Waals surface area contributed by atoms with E-state index in [4.69, 9.17) is 5.11 Å². The molecule has 6 heteroatoms. The van der Waals surface area contributed by atoms with E-state index >= 15 is 0 Å². The first-order chi connectivity index (χ1) is 11.6. The average molecular weight is 331 g/mol. The van der Waals surface area contributed by atoms with Gasteiger partial charge in [-0.3, -0.25) is 9.78 Å². The monoisotopic (exact) mass is 331 g/mol. The molecule has 2 amide bonds. The fourth-order valence-corrected chi connectivity index (χ4v) is 3.84. The second-order valence-corrected chi connectivity index (χ2v) is 6.87. The lowest BCUT2D eigenvalue weighted by Crippen LogP contribution is -2.49. The maximum Gasteiger partial charge on any atom is 0.317 e. The number of carboxylic acids is 1. The molecule has 1 aromatic rings. The first kappa shape index (κ1) is 16.7. The van der Waals surface area contributed by atoms with Gasteiger partial charge < -0.3 is 15.3 Å². The Balaban J connectivity index is 1.51. The van der Waals surface area contributed by atoms with E-state index in [1.165, 1.54) is 0 Å². The number of carbonyl (C=O) groups excluding carboxylic acids is 1. The van der Waals surface area contributed by atoms with Gasteiger partial charge in [0, 0.05) is 31.0 Å². The summed E-state index contributed by atoms with van der Waals surface area (Å²) >= 11 is 0. The van der Waals surface area contributed by atoms with Crippen molar-refractivity contribution in [3.63, 3.8) is 0 Å². The Bertz CT molecular complexity index is 570. The van der Waals surface area contributed by atoms with Crippen LogP contribution in [0.2, 0.25) is 0 Å². The molecule has 1 aliphatic carbocycles. The van der Waals surface area contributed by atoms with Gasteiger partial charge in [-0.2, -0.15) is 0 Å². The Hall–Kier alpha value is -2.11. The highest BCUT2D eigenvalue weighted by atomic mass is 16.4. The minimum Gasteiger partial charge on any atom is -0.481 e. The Morgan fingerprint density at radius 3 is 2.67 bits per heavy atom. The highest BCUT2D eigenvalue weighted by Gasteiger charge is 2.32. The van der Waals surface area contributed by atoms with Crippen LogP contribution in [0.4, 0.5) is 4.79 Å². The Labute approximate surface area is 142 Å². The molecule has 0 bridgehead atoms. The summed E-state index contributed by atoms with van der Waals surface area (Å²) in [5.41, 5.74) is 1.07. The standard InChI is InChI=1S/C18H25N3O3/c22-17(23)13-7-10-21(11-8-13)18(24)20-16-6-3-4-14(16)12-15-5-1-2-9-19-15/h1-2,5,9,13-14,16H,3-4,6-8,10-12H2,(H,20,24)(H,22,23). The van der Waals surface area contributed by atoms with Crippen LogP contribution in [-0.4, -0.2) is 46.1 Å². The van der Waals surface area contributed by atoms with Gasteiger partial charge in [-0.05, 0) is 50.2 Å². The SMILES string of the molecule is O=C(O)C1CCN(C(=O)NC2CCCC2Cc2ccccn2)CC1. The number of likely N-dealkylation sites (tertiary alicyclic amines) is 1. The topological polar surface area (TPSA) is 82.5 Å². The van der Waals surface area contributed by atoms with Crippen LogP contribution in [0, 0.1) is 11.8 Å². The number of carboxylic acid groups (broad SMARTS) is 1. The molecule has 2 heterocycles. The summed E-state index contributed by atoms with van der Waals surface area (Å²) < 4.78 is 0. The van der Waals surface area contributed by atoms with E-state index in [9.17, 15) is 9.59 Å². The van der Waals surface area contributed by atoms with Crippen molar-refractivity contribution < 1.29 is 14.7 Å². The molecule has 2 fully saturated rings. The predicted molar refractivity (Wildman–Crippen MR) is 89.5 cm³/mol. The van der Waals surface area contributed by atoms with Crippen LogP contribution in [0.3, 0.4) is 0 Å². The number of carbonyl (C=O) groups is 2. The van der Waals surface area contributed by atoms with Gasteiger partial charge in [0.15, 0.2) is 0 Å². The molecule has 2 N–H and O–H groups in total. The predicted octanol–water partition coefficient (Wildman–Crippen LogP) is 2.30. The number of nitrogens with zero attached hydrogens (tertiary/aromatic N) is 2. The van der Waals surface area contributed by atoms with Crippen LogP contribution in [0.5, 0.6) is 0 Å². The van der Waals surface area contributed by atoms with Gasteiger partial charge in [0.25, 0.3) is 0 Å². The van der Waals surface area contributed by atoms with Crippen molar-refractivity contribution in [2.24, 2.45) is 11.8 Å². The van der Waals surface area contributed by atoms with Gasteiger partial charge in [0.05, 0.1) is 5.92 Å². The zero-order chi connectivity index (χ0) is 16.9. The van der Waals surface area contributed by atoms with E-state index < -0.39 is 5.97 Å². The minimum absolute atomic E-state index is 0.0447. The van der Waals surface area contributed by atoms with Crippen molar-refractivity contribution in [1.29, 1.82) is 0 Å². The van der Waals surface area contributed by atoms with Crippen LogP contribution in [-0.2, 0) is 11.2 Å². The number of hydrogen-bond acceptors (Lipinski definition) is 3. The first-order valence-corrected chi connectivity index (χ1v) is 8.81. The zero-order valence-corrected chi connectivity index (χ0v) is 13.9. The van der Waals surface area contributed by atoms with Gasteiger partial charge in [-0.1, -0.05) is 12.5 Å². The number of rotatable bonds is 4. The molecule has 3 rings (SSSR count). The maximum absolute atomic E-state index is 12.5. The Kier molecular flexibility index (Phi) is 5.33. The zero-order valence-electron chi connectivity index (χ0n) is 13.9. The molecule has 1 aromatic heterocycles. The quantitative estimate of drug-likeness (QED) is 0.887. The van der Waals surface area contributed by atoms with Crippen LogP contribution in [0.1, 0.15) is 37.8 Å². The molecule has 1 saturated carbocycles. The van der Waals surface area contributed by atoms with Crippen LogP contribution < -0.4 is 5.32 Å².